The summed E-state index contributed by atoms with van der Waals surface area (Å²) >= 11 is 11.3. The fourth-order valence-corrected chi connectivity index (χ4v) is 4.20. The van der Waals surface area contributed by atoms with Crippen LogP contribution in [0.4, 0.5) is 0 Å². The van der Waals surface area contributed by atoms with E-state index in [1.165, 1.54) is 15.6 Å². The Bertz CT molecular complexity index is 733. The lowest BCUT2D eigenvalue weighted by Crippen LogP contribution is -2.13. The highest BCUT2D eigenvalue weighted by Gasteiger charge is 2.12. The predicted octanol–water partition coefficient (Wildman–Crippen LogP) is 5.56. The second kappa shape index (κ2) is 5.86. The number of benzene rings is 2. The van der Waals surface area contributed by atoms with Crippen LogP contribution in [0.2, 0.25) is 5.02 Å². The van der Waals surface area contributed by atoms with Crippen molar-refractivity contribution in [3.8, 4) is 0 Å². The molecule has 20 heavy (non-hydrogen) atoms. The van der Waals surface area contributed by atoms with Crippen LogP contribution in [0.3, 0.4) is 0 Å². The Morgan fingerprint density at radius 1 is 1.20 bits per heavy atom. The summed E-state index contributed by atoms with van der Waals surface area (Å²) in [5, 5.41) is 4.21. The second-order valence-electron chi connectivity index (χ2n) is 4.77. The van der Waals surface area contributed by atoms with Crippen molar-refractivity contribution < 1.29 is 0 Å². The fourth-order valence-electron chi connectivity index (χ4n) is 2.33. The normalized spacial score (nSPS) is 12.8. The van der Waals surface area contributed by atoms with Crippen molar-refractivity contribution in [3.63, 3.8) is 0 Å². The first-order valence-corrected chi connectivity index (χ1v) is 8.35. The van der Waals surface area contributed by atoms with E-state index in [-0.39, 0.29) is 6.04 Å². The second-order valence-corrected chi connectivity index (χ2v) is 7.03. The number of nitrogens with two attached hydrogens (primary N) is 1. The predicted molar refractivity (Wildman–Crippen MR) is 91.6 cm³/mol. The maximum absolute atomic E-state index is 6.34. The van der Waals surface area contributed by atoms with Crippen LogP contribution in [0, 0.1) is 0 Å². The van der Waals surface area contributed by atoms with Gasteiger partial charge in [0.2, 0.25) is 0 Å². The molecule has 2 N–H and O–H groups in total. The molecule has 0 saturated heterocycles. The maximum atomic E-state index is 6.34. The Labute approximate surface area is 135 Å². The third-order valence-electron chi connectivity index (χ3n) is 3.31. The van der Waals surface area contributed by atoms with Crippen LogP contribution in [-0.2, 0) is 6.42 Å². The fraction of sp³-hybridized carbons (Fsp3) is 0.125. The molecule has 0 spiro atoms. The van der Waals surface area contributed by atoms with E-state index in [4.69, 9.17) is 17.3 Å². The van der Waals surface area contributed by atoms with Gasteiger partial charge in [0.15, 0.2) is 0 Å². The highest BCUT2D eigenvalue weighted by molar-refractivity contribution is 9.10. The molecule has 0 fully saturated rings. The first kappa shape index (κ1) is 14.1. The molecule has 1 atom stereocenters. The minimum absolute atomic E-state index is 0.0528. The third kappa shape index (κ3) is 2.91. The van der Waals surface area contributed by atoms with Crippen molar-refractivity contribution >= 4 is 49.0 Å². The SMILES string of the molecule is NC(Cc1csc2ccccc12)c1cc(Cl)cc(Br)c1. The Morgan fingerprint density at radius 2 is 2.00 bits per heavy atom. The highest BCUT2D eigenvalue weighted by atomic mass is 79.9. The van der Waals surface area contributed by atoms with E-state index in [1.54, 1.807) is 11.3 Å². The Kier molecular flexibility index (Phi) is 4.13. The van der Waals surface area contributed by atoms with Gasteiger partial charge < -0.3 is 5.73 Å². The van der Waals surface area contributed by atoms with Crippen molar-refractivity contribution in [2.24, 2.45) is 5.73 Å². The average molecular weight is 367 g/mol. The largest absolute Gasteiger partial charge is 0.324 e. The molecule has 1 aromatic heterocycles. The van der Waals surface area contributed by atoms with Gasteiger partial charge in [-0.15, -0.1) is 11.3 Å². The van der Waals surface area contributed by atoms with Crippen LogP contribution < -0.4 is 5.73 Å². The van der Waals surface area contributed by atoms with E-state index in [0.29, 0.717) is 5.02 Å². The topological polar surface area (TPSA) is 26.0 Å². The third-order valence-corrected chi connectivity index (χ3v) is 5.00. The number of halogens is 2. The number of fused-ring (bicyclic) bond motifs is 1. The van der Waals surface area contributed by atoms with Gasteiger partial charge in [-0.1, -0.05) is 45.7 Å². The van der Waals surface area contributed by atoms with Crippen LogP contribution in [0.1, 0.15) is 17.2 Å². The number of rotatable bonds is 3. The van der Waals surface area contributed by atoms with Crippen LogP contribution in [0.5, 0.6) is 0 Å². The molecule has 1 heterocycles. The lowest BCUT2D eigenvalue weighted by Gasteiger charge is -2.12. The smallest absolute Gasteiger partial charge is 0.0420 e. The van der Waals surface area contributed by atoms with Crippen molar-refractivity contribution in [2.75, 3.05) is 0 Å². The van der Waals surface area contributed by atoms with Gasteiger partial charge in [0.1, 0.15) is 0 Å². The van der Waals surface area contributed by atoms with Gasteiger partial charge in [-0.3, -0.25) is 0 Å². The molecular formula is C16H13BrClNS. The first-order valence-electron chi connectivity index (χ1n) is 6.30. The van der Waals surface area contributed by atoms with Gasteiger partial charge in [0, 0.05) is 20.2 Å². The Hall–Kier alpha value is -0.870. The van der Waals surface area contributed by atoms with Gasteiger partial charge in [-0.05, 0) is 52.6 Å². The molecular weight excluding hydrogens is 354 g/mol. The van der Waals surface area contributed by atoms with Crippen LogP contribution in [0.25, 0.3) is 10.1 Å². The van der Waals surface area contributed by atoms with Crippen molar-refractivity contribution in [2.45, 2.75) is 12.5 Å². The lowest BCUT2D eigenvalue weighted by atomic mass is 9.99. The van der Waals surface area contributed by atoms with Gasteiger partial charge >= 0.3 is 0 Å². The summed E-state index contributed by atoms with van der Waals surface area (Å²) in [5.74, 6) is 0. The molecule has 0 aliphatic heterocycles. The average Bonchev–Trinajstić information content (AvgIpc) is 2.81. The minimum atomic E-state index is -0.0528. The molecule has 0 saturated carbocycles. The molecule has 102 valence electrons. The Balaban J connectivity index is 1.90. The minimum Gasteiger partial charge on any atom is -0.324 e. The van der Waals surface area contributed by atoms with Gasteiger partial charge in [0.05, 0.1) is 0 Å². The molecule has 0 radical (unpaired) electrons. The highest BCUT2D eigenvalue weighted by Crippen LogP contribution is 2.30. The zero-order valence-electron chi connectivity index (χ0n) is 10.6. The van der Waals surface area contributed by atoms with Gasteiger partial charge in [-0.25, -0.2) is 0 Å². The van der Waals surface area contributed by atoms with Crippen molar-refractivity contribution in [3.05, 3.63) is 68.5 Å². The van der Waals surface area contributed by atoms with Crippen LogP contribution in [-0.4, -0.2) is 0 Å². The van der Waals surface area contributed by atoms with E-state index in [2.05, 4.69) is 45.6 Å². The molecule has 0 amide bonds. The molecule has 0 aliphatic rings. The molecule has 3 aromatic rings. The van der Waals surface area contributed by atoms with Crippen LogP contribution >= 0.6 is 38.9 Å². The van der Waals surface area contributed by atoms with E-state index in [9.17, 15) is 0 Å². The summed E-state index contributed by atoms with van der Waals surface area (Å²) in [6.07, 6.45) is 0.816. The van der Waals surface area contributed by atoms with Gasteiger partial charge in [0.25, 0.3) is 0 Å². The zero-order valence-corrected chi connectivity index (χ0v) is 13.8. The molecule has 1 unspecified atom stereocenters. The summed E-state index contributed by atoms with van der Waals surface area (Å²) in [6.45, 7) is 0. The zero-order chi connectivity index (χ0) is 14.1. The van der Waals surface area contributed by atoms with E-state index in [1.807, 2.05) is 18.2 Å². The molecule has 1 nitrogen and oxygen atoms in total. The molecule has 3 rings (SSSR count). The van der Waals surface area contributed by atoms with E-state index >= 15 is 0 Å². The van der Waals surface area contributed by atoms with Crippen molar-refractivity contribution in [1.29, 1.82) is 0 Å². The maximum Gasteiger partial charge on any atom is 0.0420 e. The summed E-state index contributed by atoms with van der Waals surface area (Å²) in [5.41, 5.74) is 8.70. The molecule has 0 aliphatic carbocycles. The number of thiophene rings is 1. The van der Waals surface area contributed by atoms with Crippen molar-refractivity contribution in [1.82, 2.24) is 0 Å². The van der Waals surface area contributed by atoms with Crippen LogP contribution in [0.15, 0.2) is 52.3 Å². The van der Waals surface area contributed by atoms with E-state index in [0.717, 1.165) is 16.5 Å². The number of hydrogen-bond donors (Lipinski definition) is 1. The first-order chi connectivity index (χ1) is 9.63. The Morgan fingerprint density at radius 3 is 2.80 bits per heavy atom. The number of hydrogen-bond acceptors (Lipinski definition) is 2. The standard InChI is InChI=1S/C16H13BrClNS/c17-12-5-10(6-13(18)8-12)15(19)7-11-9-20-16-4-2-1-3-14(11)16/h1-6,8-9,15H,7,19H2. The summed E-state index contributed by atoms with van der Waals surface area (Å²) < 4.78 is 2.27. The monoisotopic (exact) mass is 365 g/mol. The molecule has 2 aromatic carbocycles. The lowest BCUT2D eigenvalue weighted by molar-refractivity contribution is 0.726. The molecule has 0 bridgehead atoms. The van der Waals surface area contributed by atoms with Gasteiger partial charge in [-0.2, -0.15) is 0 Å². The summed E-state index contributed by atoms with van der Waals surface area (Å²) in [7, 11) is 0. The summed E-state index contributed by atoms with van der Waals surface area (Å²) in [4.78, 5) is 0. The van der Waals surface area contributed by atoms with E-state index < -0.39 is 0 Å². The summed E-state index contributed by atoms with van der Waals surface area (Å²) in [6, 6.07) is 14.2. The molecule has 4 heteroatoms. The quantitative estimate of drug-likeness (QED) is 0.645.